The Morgan fingerprint density at radius 1 is 1.35 bits per heavy atom. The predicted molar refractivity (Wildman–Crippen MR) is 67.2 cm³/mol. The first-order valence-corrected chi connectivity index (χ1v) is 5.54. The first-order chi connectivity index (χ1) is 8.15. The number of nitrogens with one attached hydrogen (secondary N) is 1. The van der Waals surface area contributed by atoms with Gasteiger partial charge in [0.15, 0.2) is 0 Å². The van der Waals surface area contributed by atoms with Gasteiger partial charge in [-0.2, -0.15) is 0 Å². The number of rotatable bonds is 3. The molecule has 90 valence electrons. The number of pyridine rings is 1. The largest absolute Gasteiger partial charge is 0.494 e. The van der Waals surface area contributed by atoms with E-state index in [1.54, 1.807) is 0 Å². The third-order valence-electron chi connectivity index (χ3n) is 2.60. The molecule has 0 saturated carbocycles. The standard InChI is InChI=1S/C13H15FN2O/c1-4-15-13-8(2)5-9-6-10(14)7-11(17-3)12(9)16-13/h5-7H,4H2,1-3H3,(H,15,16). The molecule has 1 heterocycles. The van der Waals surface area contributed by atoms with Crippen molar-refractivity contribution in [3.63, 3.8) is 0 Å². The number of benzene rings is 1. The van der Waals surface area contributed by atoms with Gasteiger partial charge in [-0.1, -0.05) is 0 Å². The van der Waals surface area contributed by atoms with Crippen LogP contribution in [0.25, 0.3) is 10.9 Å². The lowest BCUT2D eigenvalue weighted by atomic mass is 10.1. The van der Waals surface area contributed by atoms with Crippen molar-refractivity contribution in [3.8, 4) is 5.75 Å². The fourth-order valence-electron chi connectivity index (χ4n) is 1.83. The van der Waals surface area contributed by atoms with Crippen molar-refractivity contribution in [3.05, 3.63) is 29.6 Å². The van der Waals surface area contributed by atoms with Gasteiger partial charge in [-0.05, 0) is 31.5 Å². The Morgan fingerprint density at radius 2 is 2.12 bits per heavy atom. The van der Waals surface area contributed by atoms with E-state index >= 15 is 0 Å². The van der Waals surface area contributed by atoms with E-state index in [1.165, 1.54) is 19.2 Å². The highest BCUT2D eigenvalue weighted by Gasteiger charge is 2.09. The maximum Gasteiger partial charge on any atom is 0.148 e. The topological polar surface area (TPSA) is 34.2 Å². The molecule has 0 radical (unpaired) electrons. The van der Waals surface area contributed by atoms with Crippen molar-refractivity contribution in [2.45, 2.75) is 13.8 Å². The van der Waals surface area contributed by atoms with E-state index in [9.17, 15) is 4.39 Å². The summed E-state index contributed by atoms with van der Waals surface area (Å²) in [5, 5.41) is 3.92. The van der Waals surface area contributed by atoms with E-state index < -0.39 is 0 Å². The van der Waals surface area contributed by atoms with Crippen LogP contribution in [0.2, 0.25) is 0 Å². The van der Waals surface area contributed by atoms with Crippen molar-refractivity contribution in [1.29, 1.82) is 0 Å². The third-order valence-corrected chi connectivity index (χ3v) is 2.60. The van der Waals surface area contributed by atoms with E-state index in [0.717, 1.165) is 23.3 Å². The van der Waals surface area contributed by atoms with Crippen LogP contribution in [0.15, 0.2) is 18.2 Å². The van der Waals surface area contributed by atoms with Gasteiger partial charge in [0.25, 0.3) is 0 Å². The number of aromatic nitrogens is 1. The van der Waals surface area contributed by atoms with Crippen LogP contribution in [-0.2, 0) is 0 Å². The van der Waals surface area contributed by atoms with Gasteiger partial charge < -0.3 is 10.1 Å². The SMILES string of the molecule is CCNc1nc2c(OC)cc(F)cc2cc1C. The summed E-state index contributed by atoms with van der Waals surface area (Å²) in [4.78, 5) is 4.47. The van der Waals surface area contributed by atoms with E-state index in [2.05, 4.69) is 10.3 Å². The Bertz CT molecular complexity index is 555. The molecule has 1 N–H and O–H groups in total. The molecule has 0 aliphatic rings. The van der Waals surface area contributed by atoms with Gasteiger partial charge >= 0.3 is 0 Å². The van der Waals surface area contributed by atoms with Crippen molar-refractivity contribution in [2.24, 2.45) is 0 Å². The molecule has 3 nitrogen and oxygen atoms in total. The van der Waals surface area contributed by atoms with Crippen LogP contribution in [0.4, 0.5) is 10.2 Å². The van der Waals surface area contributed by atoms with Crippen LogP contribution in [-0.4, -0.2) is 18.6 Å². The molecule has 0 saturated heterocycles. The van der Waals surface area contributed by atoms with Gasteiger partial charge in [-0.15, -0.1) is 0 Å². The number of methoxy groups -OCH3 is 1. The van der Waals surface area contributed by atoms with Gasteiger partial charge in [-0.25, -0.2) is 9.37 Å². The summed E-state index contributed by atoms with van der Waals surface area (Å²) in [5.74, 6) is 0.954. The number of hydrogen-bond donors (Lipinski definition) is 1. The number of nitrogens with zero attached hydrogens (tertiary/aromatic N) is 1. The monoisotopic (exact) mass is 234 g/mol. The second-order valence-corrected chi connectivity index (χ2v) is 3.86. The summed E-state index contributed by atoms with van der Waals surface area (Å²) in [7, 11) is 1.52. The number of aryl methyl sites for hydroxylation is 1. The predicted octanol–water partition coefficient (Wildman–Crippen LogP) is 3.12. The van der Waals surface area contributed by atoms with Crippen molar-refractivity contribution in [2.75, 3.05) is 19.0 Å². The molecule has 4 heteroatoms. The number of hydrogen-bond acceptors (Lipinski definition) is 3. The van der Waals surface area contributed by atoms with Crippen molar-refractivity contribution >= 4 is 16.7 Å². The Kier molecular flexibility index (Phi) is 3.13. The van der Waals surface area contributed by atoms with Crippen LogP contribution in [0.3, 0.4) is 0 Å². The van der Waals surface area contributed by atoms with Crippen LogP contribution >= 0.6 is 0 Å². The fraction of sp³-hybridized carbons (Fsp3) is 0.308. The number of anilines is 1. The highest BCUT2D eigenvalue weighted by Crippen LogP contribution is 2.28. The minimum absolute atomic E-state index is 0.313. The lowest BCUT2D eigenvalue weighted by Crippen LogP contribution is -2.02. The van der Waals surface area contributed by atoms with Gasteiger partial charge in [0.05, 0.1) is 7.11 Å². The average molecular weight is 234 g/mol. The third kappa shape index (κ3) is 2.16. The Morgan fingerprint density at radius 3 is 2.76 bits per heavy atom. The second-order valence-electron chi connectivity index (χ2n) is 3.86. The zero-order valence-electron chi connectivity index (χ0n) is 10.2. The molecule has 0 unspecified atom stereocenters. The molecular formula is C13H15FN2O. The highest BCUT2D eigenvalue weighted by atomic mass is 19.1. The van der Waals surface area contributed by atoms with E-state index in [-0.39, 0.29) is 5.82 Å². The summed E-state index contributed by atoms with van der Waals surface area (Å²) >= 11 is 0. The lowest BCUT2D eigenvalue weighted by molar-refractivity contribution is 0.415. The summed E-state index contributed by atoms with van der Waals surface area (Å²) in [6.07, 6.45) is 0. The van der Waals surface area contributed by atoms with Crippen LogP contribution < -0.4 is 10.1 Å². The lowest BCUT2D eigenvalue weighted by Gasteiger charge is -2.10. The quantitative estimate of drug-likeness (QED) is 0.886. The molecular weight excluding hydrogens is 219 g/mol. The molecule has 2 aromatic rings. The maximum absolute atomic E-state index is 13.3. The summed E-state index contributed by atoms with van der Waals surface area (Å²) in [6.45, 7) is 4.75. The van der Waals surface area contributed by atoms with Crippen LogP contribution in [0.1, 0.15) is 12.5 Å². The minimum atomic E-state index is -0.313. The van der Waals surface area contributed by atoms with E-state index in [1.807, 2.05) is 19.9 Å². The Labute approximate surface area is 99.6 Å². The Hall–Kier alpha value is -1.84. The van der Waals surface area contributed by atoms with Crippen molar-refractivity contribution < 1.29 is 9.13 Å². The Balaban J connectivity index is 2.69. The zero-order chi connectivity index (χ0) is 12.4. The molecule has 0 atom stereocenters. The summed E-state index contributed by atoms with van der Waals surface area (Å²) < 4.78 is 18.5. The number of ether oxygens (including phenoxy) is 1. The molecule has 17 heavy (non-hydrogen) atoms. The van der Waals surface area contributed by atoms with E-state index in [4.69, 9.17) is 4.74 Å². The van der Waals surface area contributed by atoms with Gasteiger partial charge in [0.2, 0.25) is 0 Å². The molecule has 0 spiro atoms. The van der Waals surface area contributed by atoms with Crippen molar-refractivity contribution in [1.82, 2.24) is 4.98 Å². The first-order valence-electron chi connectivity index (χ1n) is 5.54. The van der Waals surface area contributed by atoms with Gasteiger partial charge in [-0.3, -0.25) is 0 Å². The number of fused-ring (bicyclic) bond motifs is 1. The van der Waals surface area contributed by atoms with Gasteiger partial charge in [0.1, 0.15) is 22.9 Å². The number of halogens is 1. The minimum Gasteiger partial charge on any atom is -0.494 e. The summed E-state index contributed by atoms with van der Waals surface area (Å²) in [6, 6.07) is 4.72. The molecule has 2 rings (SSSR count). The maximum atomic E-state index is 13.3. The second kappa shape index (κ2) is 4.57. The normalized spacial score (nSPS) is 10.6. The van der Waals surface area contributed by atoms with Gasteiger partial charge in [0, 0.05) is 18.0 Å². The molecule has 0 aliphatic heterocycles. The van der Waals surface area contributed by atoms with E-state index in [0.29, 0.717) is 11.3 Å². The average Bonchev–Trinajstić information content (AvgIpc) is 2.29. The first kappa shape index (κ1) is 11.6. The van der Waals surface area contributed by atoms with Crippen LogP contribution in [0.5, 0.6) is 5.75 Å². The fourth-order valence-corrected chi connectivity index (χ4v) is 1.83. The van der Waals surface area contributed by atoms with Crippen LogP contribution in [0, 0.1) is 12.7 Å². The molecule has 0 aliphatic carbocycles. The summed E-state index contributed by atoms with van der Waals surface area (Å²) in [5.41, 5.74) is 1.67. The molecule has 1 aromatic heterocycles. The molecule has 0 amide bonds. The molecule has 0 bridgehead atoms. The smallest absolute Gasteiger partial charge is 0.148 e. The highest BCUT2D eigenvalue weighted by molar-refractivity contribution is 5.87. The molecule has 1 aromatic carbocycles. The zero-order valence-corrected chi connectivity index (χ0v) is 10.2. The molecule has 0 fully saturated rings.